The van der Waals surface area contributed by atoms with Crippen LogP contribution in [0.5, 0.6) is 5.75 Å². The van der Waals surface area contributed by atoms with E-state index in [2.05, 4.69) is 20.7 Å². The van der Waals surface area contributed by atoms with Gasteiger partial charge in [-0.3, -0.25) is 9.52 Å². The normalized spacial score (nSPS) is 13.6. The van der Waals surface area contributed by atoms with Crippen LogP contribution in [0.3, 0.4) is 0 Å². The summed E-state index contributed by atoms with van der Waals surface area (Å²) in [6.07, 6.45) is -3.99. The number of fused-ring (bicyclic) bond motifs is 1. The van der Waals surface area contributed by atoms with E-state index in [1.54, 1.807) is 30.3 Å². The first-order valence-electron chi connectivity index (χ1n) is 13.1. The van der Waals surface area contributed by atoms with Gasteiger partial charge in [0.05, 0.1) is 36.8 Å². The first-order valence-corrected chi connectivity index (χ1v) is 15.5. The van der Waals surface area contributed by atoms with Gasteiger partial charge in [-0.25, -0.2) is 8.42 Å². The summed E-state index contributed by atoms with van der Waals surface area (Å²) in [5.41, 5.74) is 2.24. The van der Waals surface area contributed by atoms with Crippen LogP contribution in [0.25, 0.3) is 11.1 Å². The Balaban J connectivity index is 1.58. The van der Waals surface area contributed by atoms with Crippen molar-refractivity contribution in [2.45, 2.75) is 12.6 Å². The molecule has 9 nitrogen and oxygen atoms in total. The third-order valence-corrected chi connectivity index (χ3v) is 8.51. The topological polar surface area (TPSA) is 103 Å². The first-order chi connectivity index (χ1) is 20.4. The van der Waals surface area contributed by atoms with E-state index in [0.29, 0.717) is 42.0 Å². The maximum atomic E-state index is 13.6. The largest absolute Gasteiger partial charge is 0.465 e. The van der Waals surface area contributed by atoms with Crippen LogP contribution >= 0.6 is 15.9 Å². The fourth-order valence-corrected chi connectivity index (χ4v) is 6.03. The van der Waals surface area contributed by atoms with E-state index in [1.165, 1.54) is 31.3 Å². The predicted molar refractivity (Wildman–Crippen MR) is 159 cm³/mol. The quantitative estimate of drug-likeness (QED) is 0.181. The molecule has 0 saturated carbocycles. The highest BCUT2D eigenvalue weighted by molar-refractivity contribution is 9.10. The monoisotopic (exact) mass is 686 g/mol. The highest BCUT2D eigenvalue weighted by Gasteiger charge is 2.31. The standard InChI is InChI=1S/C29H30BrF3N2O7S/c1-39-11-12-41-18-42-27-8-5-22(17-26(27)34-43(37,38)14-13-40-2)35-10-9-20-15-19(3-6-24(20)28(35)36)23-7-4-21(16-25(23)30)29(31,32)33/h3-8,15-17,34H,9-14,18H2,1-2H3. The summed E-state index contributed by atoms with van der Waals surface area (Å²) < 4.78 is 88.2. The molecular weight excluding hydrogens is 657 g/mol. The highest BCUT2D eigenvalue weighted by atomic mass is 79.9. The molecule has 3 aromatic carbocycles. The summed E-state index contributed by atoms with van der Waals surface area (Å²) in [6, 6.07) is 13.3. The molecule has 14 heteroatoms. The number of benzene rings is 3. The number of hydrogen-bond acceptors (Lipinski definition) is 7. The molecule has 4 rings (SSSR count). The van der Waals surface area contributed by atoms with E-state index >= 15 is 0 Å². The zero-order valence-electron chi connectivity index (χ0n) is 23.4. The van der Waals surface area contributed by atoms with Crippen molar-refractivity contribution in [3.05, 3.63) is 75.8 Å². The summed E-state index contributed by atoms with van der Waals surface area (Å²) in [7, 11) is -0.868. The summed E-state index contributed by atoms with van der Waals surface area (Å²) in [5, 5.41) is 0. The Kier molecular flexibility index (Phi) is 10.7. The van der Waals surface area contributed by atoms with Crippen LogP contribution in [0, 0.1) is 0 Å². The smallest absolute Gasteiger partial charge is 0.416 e. The number of nitrogens with one attached hydrogen (secondary N) is 1. The minimum atomic E-state index is -4.46. The van der Waals surface area contributed by atoms with Gasteiger partial charge in [-0.15, -0.1) is 0 Å². The SMILES string of the molecule is COCCOCOc1ccc(N2CCc3cc(-c4ccc(C(F)(F)F)cc4Br)ccc3C2=O)cc1NS(=O)(=O)CCOC. The summed E-state index contributed by atoms with van der Waals surface area (Å²) >= 11 is 3.24. The summed E-state index contributed by atoms with van der Waals surface area (Å²) in [6.45, 7) is 0.767. The second-order valence-corrected chi connectivity index (χ2v) is 12.2. The second-order valence-electron chi connectivity index (χ2n) is 9.53. The zero-order chi connectivity index (χ0) is 31.2. The molecule has 0 aromatic heterocycles. The van der Waals surface area contributed by atoms with Gasteiger partial charge in [0.25, 0.3) is 5.91 Å². The lowest BCUT2D eigenvalue weighted by Gasteiger charge is -2.30. The molecule has 1 amide bonds. The molecule has 1 aliphatic rings. The molecule has 0 atom stereocenters. The van der Waals surface area contributed by atoms with Crippen molar-refractivity contribution in [2.24, 2.45) is 0 Å². The molecule has 43 heavy (non-hydrogen) atoms. The molecule has 0 bridgehead atoms. The molecule has 1 heterocycles. The number of alkyl halides is 3. The van der Waals surface area contributed by atoms with Crippen LogP contribution in [0.4, 0.5) is 24.5 Å². The van der Waals surface area contributed by atoms with Crippen molar-refractivity contribution in [2.75, 3.05) is 62.8 Å². The lowest BCUT2D eigenvalue weighted by Crippen LogP contribution is -2.37. The van der Waals surface area contributed by atoms with E-state index in [-0.39, 0.29) is 47.6 Å². The number of methoxy groups -OCH3 is 2. The third kappa shape index (κ3) is 8.26. The van der Waals surface area contributed by atoms with Crippen LogP contribution in [-0.2, 0) is 36.8 Å². The number of sulfonamides is 1. The van der Waals surface area contributed by atoms with Gasteiger partial charge in [-0.1, -0.05) is 34.1 Å². The van der Waals surface area contributed by atoms with E-state index in [9.17, 15) is 26.4 Å². The molecular formula is C29H30BrF3N2O7S. The van der Waals surface area contributed by atoms with Crippen molar-refractivity contribution in [1.29, 1.82) is 0 Å². The van der Waals surface area contributed by atoms with E-state index in [1.807, 2.05) is 0 Å². The molecule has 232 valence electrons. The van der Waals surface area contributed by atoms with Crippen LogP contribution < -0.4 is 14.4 Å². The molecule has 0 aliphatic carbocycles. The second kappa shape index (κ2) is 14.1. The van der Waals surface area contributed by atoms with Gasteiger partial charge in [0.1, 0.15) is 5.75 Å². The molecule has 3 aromatic rings. The Morgan fingerprint density at radius 1 is 0.953 bits per heavy atom. The molecule has 0 radical (unpaired) electrons. The third-order valence-electron chi connectivity index (χ3n) is 6.62. The number of anilines is 2. The molecule has 0 spiro atoms. The van der Waals surface area contributed by atoms with Crippen molar-refractivity contribution < 1.29 is 45.3 Å². The van der Waals surface area contributed by atoms with Crippen LogP contribution in [0.15, 0.2) is 59.1 Å². The number of nitrogens with zero attached hydrogens (tertiary/aromatic N) is 1. The van der Waals surface area contributed by atoms with E-state index < -0.39 is 21.8 Å². The molecule has 1 aliphatic heterocycles. The highest BCUT2D eigenvalue weighted by Crippen LogP contribution is 2.38. The Hall–Kier alpha value is -3.17. The van der Waals surface area contributed by atoms with Crippen molar-refractivity contribution in [3.8, 4) is 16.9 Å². The van der Waals surface area contributed by atoms with Gasteiger partial charge in [0.15, 0.2) is 6.79 Å². The fourth-order valence-electron chi connectivity index (χ4n) is 4.44. The van der Waals surface area contributed by atoms with E-state index in [0.717, 1.165) is 17.7 Å². The first kappa shape index (κ1) is 32.7. The number of carbonyl (C=O) groups excluding carboxylic acids is 1. The molecule has 0 saturated heterocycles. The van der Waals surface area contributed by atoms with Gasteiger partial charge >= 0.3 is 6.18 Å². The summed E-state index contributed by atoms with van der Waals surface area (Å²) in [5.74, 6) is -0.381. The van der Waals surface area contributed by atoms with Gasteiger partial charge in [-0.05, 0) is 59.5 Å². The maximum Gasteiger partial charge on any atom is 0.416 e. The van der Waals surface area contributed by atoms with Crippen molar-refractivity contribution in [1.82, 2.24) is 0 Å². The Morgan fingerprint density at radius 2 is 1.70 bits per heavy atom. The number of carbonyl (C=O) groups is 1. The lowest BCUT2D eigenvalue weighted by molar-refractivity contribution is -0.137. The van der Waals surface area contributed by atoms with Gasteiger partial charge in [0, 0.05) is 36.5 Å². The average molecular weight is 688 g/mol. The number of hydrogen-bond donors (Lipinski definition) is 1. The molecule has 0 unspecified atom stereocenters. The van der Waals surface area contributed by atoms with Crippen molar-refractivity contribution in [3.63, 3.8) is 0 Å². The van der Waals surface area contributed by atoms with Crippen LogP contribution in [0.1, 0.15) is 21.5 Å². The lowest BCUT2D eigenvalue weighted by atomic mass is 9.93. The number of ether oxygens (including phenoxy) is 4. The average Bonchev–Trinajstić information content (AvgIpc) is 2.96. The zero-order valence-corrected chi connectivity index (χ0v) is 25.8. The molecule has 0 fully saturated rings. The Bertz CT molecular complexity index is 1570. The number of amides is 1. The Morgan fingerprint density at radius 3 is 2.40 bits per heavy atom. The minimum absolute atomic E-state index is 0.0161. The van der Waals surface area contributed by atoms with Gasteiger partial charge in [-0.2, -0.15) is 13.2 Å². The predicted octanol–water partition coefficient (Wildman–Crippen LogP) is 5.73. The van der Waals surface area contributed by atoms with Gasteiger partial charge in [0.2, 0.25) is 10.0 Å². The maximum absolute atomic E-state index is 13.6. The van der Waals surface area contributed by atoms with Crippen molar-refractivity contribution >= 4 is 43.2 Å². The number of halogens is 4. The number of rotatable bonds is 13. The van der Waals surface area contributed by atoms with Crippen LogP contribution in [-0.4, -0.2) is 67.5 Å². The summed E-state index contributed by atoms with van der Waals surface area (Å²) in [4.78, 5) is 15.1. The van der Waals surface area contributed by atoms with Crippen LogP contribution in [0.2, 0.25) is 0 Å². The fraction of sp³-hybridized carbons (Fsp3) is 0.345. The Labute approximate surface area is 256 Å². The van der Waals surface area contributed by atoms with Gasteiger partial charge < -0.3 is 23.8 Å². The minimum Gasteiger partial charge on any atom is -0.465 e. The van der Waals surface area contributed by atoms with E-state index in [4.69, 9.17) is 18.9 Å². The molecule has 1 N–H and O–H groups in total.